The van der Waals surface area contributed by atoms with Gasteiger partial charge in [0.1, 0.15) is 17.7 Å². The molecule has 2 aromatic carbocycles. The minimum atomic E-state index is -0.835. The van der Waals surface area contributed by atoms with Crippen LogP contribution in [0, 0.1) is 11.6 Å². The third-order valence-electron chi connectivity index (χ3n) is 5.00. The van der Waals surface area contributed by atoms with Crippen molar-refractivity contribution in [2.75, 3.05) is 31.5 Å². The summed E-state index contributed by atoms with van der Waals surface area (Å²) in [5.74, 6) is -1.60. The first kappa shape index (κ1) is 22.2. The van der Waals surface area contributed by atoms with Gasteiger partial charge in [0.2, 0.25) is 11.8 Å². The molecule has 31 heavy (non-hydrogen) atoms. The van der Waals surface area contributed by atoms with E-state index in [0.717, 1.165) is 0 Å². The van der Waals surface area contributed by atoms with Crippen molar-refractivity contribution in [3.05, 3.63) is 65.7 Å². The molecule has 1 atom stereocenters. The van der Waals surface area contributed by atoms with Crippen molar-refractivity contribution < 1.29 is 23.2 Å². The molecule has 4 amide bonds. The summed E-state index contributed by atoms with van der Waals surface area (Å²) in [4.78, 5) is 40.0. The van der Waals surface area contributed by atoms with E-state index in [1.807, 2.05) is 0 Å². The van der Waals surface area contributed by atoms with Gasteiger partial charge in [-0.25, -0.2) is 13.6 Å². The van der Waals surface area contributed by atoms with Crippen molar-refractivity contribution >= 4 is 23.5 Å². The largest absolute Gasteiger partial charge is 0.344 e. The van der Waals surface area contributed by atoms with Crippen LogP contribution in [0.2, 0.25) is 0 Å². The topological polar surface area (TPSA) is 81.8 Å². The number of halogens is 2. The van der Waals surface area contributed by atoms with Gasteiger partial charge in [0, 0.05) is 39.5 Å². The number of nitrogens with zero attached hydrogens (tertiary/aromatic N) is 2. The van der Waals surface area contributed by atoms with Gasteiger partial charge in [-0.1, -0.05) is 24.3 Å². The van der Waals surface area contributed by atoms with Crippen LogP contribution < -0.4 is 10.6 Å². The number of carbonyl (C=O) groups is 3. The fourth-order valence-electron chi connectivity index (χ4n) is 3.45. The third-order valence-corrected chi connectivity index (χ3v) is 5.00. The summed E-state index contributed by atoms with van der Waals surface area (Å²) in [6.07, 6.45) is 0.157. The highest BCUT2D eigenvalue weighted by molar-refractivity contribution is 5.90. The summed E-state index contributed by atoms with van der Waals surface area (Å²) in [6, 6.07) is 10.5. The lowest BCUT2D eigenvalue weighted by atomic mass is 10.0. The number of hydrogen-bond acceptors (Lipinski definition) is 3. The lowest BCUT2D eigenvalue weighted by Crippen LogP contribution is -2.56. The van der Waals surface area contributed by atoms with Crippen LogP contribution in [0.15, 0.2) is 48.5 Å². The van der Waals surface area contributed by atoms with Crippen LogP contribution in [-0.2, 0) is 16.0 Å². The van der Waals surface area contributed by atoms with Crippen LogP contribution >= 0.6 is 0 Å². The summed E-state index contributed by atoms with van der Waals surface area (Å²) in [5, 5.41) is 5.16. The van der Waals surface area contributed by atoms with E-state index in [2.05, 4.69) is 10.6 Å². The Morgan fingerprint density at radius 2 is 1.65 bits per heavy atom. The molecule has 0 radical (unpaired) electrons. The highest BCUT2D eigenvalue weighted by atomic mass is 19.1. The number of anilines is 1. The van der Waals surface area contributed by atoms with E-state index in [9.17, 15) is 23.2 Å². The average Bonchev–Trinajstić information content (AvgIpc) is 2.74. The molecule has 1 aliphatic heterocycles. The molecule has 3 rings (SSSR count). The van der Waals surface area contributed by atoms with E-state index in [-0.39, 0.29) is 50.1 Å². The fourth-order valence-corrected chi connectivity index (χ4v) is 3.45. The summed E-state index contributed by atoms with van der Waals surface area (Å²) < 4.78 is 27.2. The Kier molecular flexibility index (Phi) is 7.17. The smallest absolute Gasteiger partial charge is 0.322 e. The van der Waals surface area contributed by atoms with Crippen LogP contribution in [0.25, 0.3) is 0 Å². The number of hydrogen-bond donors (Lipinski definition) is 2. The normalized spacial score (nSPS) is 14.7. The van der Waals surface area contributed by atoms with Crippen LogP contribution in [-0.4, -0.2) is 59.9 Å². The van der Waals surface area contributed by atoms with Gasteiger partial charge in [0.15, 0.2) is 0 Å². The average molecular weight is 430 g/mol. The molecule has 1 aliphatic rings. The zero-order valence-corrected chi connectivity index (χ0v) is 17.1. The minimum Gasteiger partial charge on any atom is -0.344 e. The first-order valence-electron chi connectivity index (χ1n) is 9.94. The van der Waals surface area contributed by atoms with Crippen molar-refractivity contribution in [1.29, 1.82) is 0 Å². The highest BCUT2D eigenvalue weighted by Gasteiger charge is 2.30. The maximum Gasteiger partial charge on any atom is 0.322 e. The maximum absolute atomic E-state index is 13.7. The molecule has 1 saturated heterocycles. The minimum absolute atomic E-state index is 0.0896. The quantitative estimate of drug-likeness (QED) is 0.764. The van der Waals surface area contributed by atoms with Gasteiger partial charge in [-0.2, -0.15) is 0 Å². The molecule has 0 saturated carbocycles. The van der Waals surface area contributed by atoms with Gasteiger partial charge in [0.05, 0.1) is 5.69 Å². The van der Waals surface area contributed by atoms with E-state index in [1.54, 1.807) is 23.1 Å². The van der Waals surface area contributed by atoms with Crippen LogP contribution in [0.4, 0.5) is 19.3 Å². The van der Waals surface area contributed by atoms with Gasteiger partial charge in [-0.3, -0.25) is 9.59 Å². The molecule has 0 bridgehead atoms. The SMILES string of the molecule is CC(=O)NC(Cc1cccc(F)c1)C(=O)N1CCN(C(=O)Nc2ccccc2F)CC1. The van der Waals surface area contributed by atoms with Crippen molar-refractivity contribution in [2.45, 2.75) is 19.4 Å². The standard InChI is InChI=1S/C22H24F2N4O3/c1-15(29)25-20(14-16-5-4-6-17(23)13-16)21(30)27-9-11-28(12-10-27)22(31)26-19-8-3-2-7-18(19)24/h2-8,13,20H,9-12,14H2,1H3,(H,25,29)(H,26,31). The van der Waals surface area contributed by atoms with Gasteiger partial charge in [-0.05, 0) is 29.8 Å². The predicted octanol–water partition coefficient (Wildman–Crippen LogP) is 2.39. The Morgan fingerprint density at radius 1 is 0.968 bits per heavy atom. The molecule has 1 fully saturated rings. The second-order valence-corrected chi connectivity index (χ2v) is 7.31. The van der Waals surface area contributed by atoms with E-state index in [1.165, 1.54) is 42.2 Å². The van der Waals surface area contributed by atoms with E-state index in [4.69, 9.17) is 0 Å². The zero-order chi connectivity index (χ0) is 22.4. The number of para-hydroxylation sites is 1. The Labute approximate surface area is 179 Å². The Balaban J connectivity index is 1.59. The molecule has 1 unspecified atom stereocenters. The summed E-state index contributed by atoms with van der Waals surface area (Å²) in [7, 11) is 0. The number of nitrogens with one attached hydrogen (secondary N) is 2. The molecule has 0 aromatic heterocycles. The summed E-state index contributed by atoms with van der Waals surface area (Å²) in [5.41, 5.74) is 0.682. The van der Waals surface area contributed by atoms with Crippen molar-refractivity contribution in [3.63, 3.8) is 0 Å². The molecule has 1 heterocycles. The maximum atomic E-state index is 13.7. The van der Waals surface area contributed by atoms with E-state index < -0.39 is 23.7 Å². The van der Waals surface area contributed by atoms with Crippen LogP contribution in [0.3, 0.4) is 0 Å². The zero-order valence-electron chi connectivity index (χ0n) is 17.1. The number of piperazine rings is 1. The molecule has 164 valence electrons. The first-order valence-corrected chi connectivity index (χ1v) is 9.94. The van der Waals surface area contributed by atoms with Crippen LogP contribution in [0.1, 0.15) is 12.5 Å². The molecular formula is C22H24F2N4O3. The number of rotatable bonds is 5. The Bertz CT molecular complexity index is 961. The number of urea groups is 1. The van der Waals surface area contributed by atoms with Crippen LogP contribution in [0.5, 0.6) is 0 Å². The molecule has 2 N–H and O–H groups in total. The monoisotopic (exact) mass is 430 g/mol. The summed E-state index contributed by atoms with van der Waals surface area (Å²) >= 11 is 0. The number of amides is 4. The molecular weight excluding hydrogens is 406 g/mol. The number of carbonyl (C=O) groups excluding carboxylic acids is 3. The van der Waals surface area contributed by atoms with Gasteiger partial charge >= 0.3 is 6.03 Å². The van der Waals surface area contributed by atoms with Crippen molar-refractivity contribution in [2.24, 2.45) is 0 Å². The Hall–Kier alpha value is -3.49. The molecule has 0 spiro atoms. The fraction of sp³-hybridized carbons (Fsp3) is 0.318. The van der Waals surface area contributed by atoms with Gasteiger partial charge in [-0.15, -0.1) is 0 Å². The molecule has 0 aliphatic carbocycles. The molecule has 7 nitrogen and oxygen atoms in total. The van der Waals surface area contributed by atoms with Gasteiger partial charge < -0.3 is 20.4 Å². The summed E-state index contributed by atoms with van der Waals surface area (Å²) in [6.45, 7) is 2.37. The van der Waals surface area contributed by atoms with Gasteiger partial charge in [0.25, 0.3) is 0 Å². The van der Waals surface area contributed by atoms with E-state index >= 15 is 0 Å². The second-order valence-electron chi connectivity index (χ2n) is 7.31. The second kappa shape index (κ2) is 10.0. The predicted molar refractivity (Wildman–Crippen MR) is 111 cm³/mol. The Morgan fingerprint density at radius 3 is 2.29 bits per heavy atom. The van der Waals surface area contributed by atoms with Crippen molar-refractivity contribution in [3.8, 4) is 0 Å². The lowest BCUT2D eigenvalue weighted by Gasteiger charge is -2.36. The third kappa shape index (κ3) is 6.00. The first-order chi connectivity index (χ1) is 14.8. The highest BCUT2D eigenvalue weighted by Crippen LogP contribution is 2.15. The molecule has 9 heteroatoms. The molecule has 2 aromatic rings. The lowest BCUT2D eigenvalue weighted by molar-refractivity contribution is -0.137. The number of benzene rings is 2. The van der Waals surface area contributed by atoms with E-state index in [0.29, 0.717) is 5.56 Å². The van der Waals surface area contributed by atoms with Crippen molar-refractivity contribution in [1.82, 2.24) is 15.1 Å².